The Morgan fingerprint density at radius 3 is 2.36 bits per heavy atom. The average molecular weight is 163 g/mol. The largest absolute Gasteiger partial charge is 0.394 e. The molecule has 1 radical (unpaired) electrons. The maximum Gasteiger partial charge on any atom is 0.100 e. The highest BCUT2D eigenvalue weighted by atomic mass is 16.5. The fourth-order valence-corrected chi connectivity index (χ4v) is 0.427. The fourth-order valence-electron chi connectivity index (χ4n) is 0.427. The Balaban J connectivity index is 3.37. The van der Waals surface area contributed by atoms with Crippen molar-refractivity contribution in [1.82, 2.24) is 0 Å². The van der Waals surface area contributed by atoms with Gasteiger partial charge in [-0.25, -0.2) is 0 Å². The Labute approximate surface area is 66.4 Å². The molecule has 4 nitrogen and oxygen atoms in total. The van der Waals surface area contributed by atoms with Crippen LogP contribution in [0.2, 0.25) is 0 Å². The Bertz CT molecular complexity index is 94.4. The maximum absolute atomic E-state index is 8.87. The first-order chi connectivity index (χ1) is 5.07. The SMILES string of the molecule is [CH2]C(OCC(O)CO)C(C)O. The molecule has 0 aliphatic rings. The highest BCUT2D eigenvalue weighted by Gasteiger charge is 2.11. The van der Waals surface area contributed by atoms with E-state index in [1.807, 2.05) is 0 Å². The predicted molar refractivity (Wildman–Crippen MR) is 39.9 cm³/mol. The second-order valence-corrected chi connectivity index (χ2v) is 2.45. The molecular formula is C7H15O4. The van der Waals surface area contributed by atoms with E-state index in [0.29, 0.717) is 0 Å². The lowest BCUT2D eigenvalue weighted by Gasteiger charge is -2.16. The molecule has 0 heterocycles. The molecule has 11 heavy (non-hydrogen) atoms. The van der Waals surface area contributed by atoms with E-state index in [1.54, 1.807) is 6.92 Å². The topological polar surface area (TPSA) is 69.9 Å². The smallest absolute Gasteiger partial charge is 0.100 e. The number of hydrogen-bond acceptors (Lipinski definition) is 4. The molecule has 0 saturated heterocycles. The Morgan fingerprint density at radius 2 is 2.00 bits per heavy atom. The van der Waals surface area contributed by atoms with E-state index in [4.69, 9.17) is 20.1 Å². The summed E-state index contributed by atoms with van der Waals surface area (Å²) < 4.78 is 4.88. The van der Waals surface area contributed by atoms with Crippen LogP contribution in [0.15, 0.2) is 0 Å². The van der Waals surface area contributed by atoms with Crippen LogP contribution >= 0.6 is 0 Å². The Morgan fingerprint density at radius 1 is 1.45 bits per heavy atom. The van der Waals surface area contributed by atoms with Gasteiger partial charge in [-0.2, -0.15) is 0 Å². The molecule has 4 heteroatoms. The van der Waals surface area contributed by atoms with E-state index in [2.05, 4.69) is 6.92 Å². The zero-order chi connectivity index (χ0) is 8.85. The first kappa shape index (κ1) is 10.8. The fraction of sp³-hybridized carbons (Fsp3) is 0.857. The number of ether oxygens (including phenoxy) is 1. The van der Waals surface area contributed by atoms with Gasteiger partial charge in [-0.15, -0.1) is 0 Å². The van der Waals surface area contributed by atoms with E-state index in [1.165, 1.54) is 0 Å². The molecule has 0 aromatic rings. The highest BCUT2D eigenvalue weighted by Crippen LogP contribution is 1.97. The molecule has 0 saturated carbocycles. The van der Waals surface area contributed by atoms with Crippen LogP contribution in [0.4, 0.5) is 0 Å². The zero-order valence-corrected chi connectivity index (χ0v) is 6.60. The van der Waals surface area contributed by atoms with Crippen molar-refractivity contribution in [1.29, 1.82) is 0 Å². The monoisotopic (exact) mass is 163 g/mol. The highest BCUT2D eigenvalue weighted by molar-refractivity contribution is 4.66. The molecule has 0 aromatic heterocycles. The minimum Gasteiger partial charge on any atom is -0.394 e. The van der Waals surface area contributed by atoms with Gasteiger partial charge in [-0.05, 0) is 13.8 Å². The molecule has 0 aliphatic heterocycles. The second kappa shape index (κ2) is 5.49. The quantitative estimate of drug-likeness (QED) is 0.483. The average Bonchev–Trinajstić information content (AvgIpc) is 1.99. The van der Waals surface area contributed by atoms with Crippen LogP contribution in [0, 0.1) is 6.92 Å². The van der Waals surface area contributed by atoms with Crippen molar-refractivity contribution in [3.63, 3.8) is 0 Å². The third-order valence-electron chi connectivity index (χ3n) is 1.25. The van der Waals surface area contributed by atoms with Gasteiger partial charge < -0.3 is 20.1 Å². The number of aliphatic hydroxyl groups is 3. The van der Waals surface area contributed by atoms with E-state index >= 15 is 0 Å². The van der Waals surface area contributed by atoms with Crippen LogP contribution in [0.1, 0.15) is 6.92 Å². The summed E-state index contributed by atoms with van der Waals surface area (Å²) in [5.41, 5.74) is 0. The van der Waals surface area contributed by atoms with Gasteiger partial charge in [-0.3, -0.25) is 0 Å². The van der Waals surface area contributed by atoms with Crippen molar-refractivity contribution in [3.8, 4) is 0 Å². The van der Waals surface area contributed by atoms with E-state index < -0.39 is 18.3 Å². The molecular weight excluding hydrogens is 148 g/mol. The minimum atomic E-state index is -0.891. The number of rotatable bonds is 5. The van der Waals surface area contributed by atoms with Crippen molar-refractivity contribution in [2.45, 2.75) is 25.2 Å². The minimum absolute atomic E-state index is 0.00440. The summed E-state index contributed by atoms with van der Waals surface area (Å²) in [4.78, 5) is 0. The number of hydrogen-bond donors (Lipinski definition) is 3. The van der Waals surface area contributed by atoms with Crippen molar-refractivity contribution < 1.29 is 20.1 Å². The summed E-state index contributed by atoms with van der Waals surface area (Å²) in [6.45, 7) is 4.68. The predicted octanol–water partition coefficient (Wildman–Crippen LogP) is -1.06. The number of aliphatic hydroxyl groups excluding tert-OH is 3. The molecule has 3 unspecified atom stereocenters. The first-order valence-electron chi connectivity index (χ1n) is 3.49. The van der Waals surface area contributed by atoms with Crippen LogP contribution in [0.25, 0.3) is 0 Å². The molecule has 3 N–H and O–H groups in total. The summed E-state index contributed by atoms with van der Waals surface area (Å²) in [5.74, 6) is 0. The van der Waals surface area contributed by atoms with Crippen molar-refractivity contribution >= 4 is 0 Å². The van der Waals surface area contributed by atoms with E-state index in [0.717, 1.165) is 0 Å². The van der Waals surface area contributed by atoms with Gasteiger partial charge in [-0.1, -0.05) is 0 Å². The van der Waals surface area contributed by atoms with E-state index in [-0.39, 0.29) is 13.2 Å². The van der Waals surface area contributed by atoms with Crippen LogP contribution < -0.4 is 0 Å². The van der Waals surface area contributed by atoms with Gasteiger partial charge in [0.25, 0.3) is 0 Å². The summed E-state index contributed by atoms with van der Waals surface area (Å²) in [5, 5.41) is 26.1. The second-order valence-electron chi connectivity index (χ2n) is 2.45. The van der Waals surface area contributed by atoms with Crippen LogP contribution in [0.3, 0.4) is 0 Å². The van der Waals surface area contributed by atoms with Gasteiger partial charge >= 0.3 is 0 Å². The summed E-state index contributed by atoms with van der Waals surface area (Å²) >= 11 is 0. The first-order valence-corrected chi connectivity index (χ1v) is 3.49. The Hall–Kier alpha value is -0.160. The summed E-state index contributed by atoms with van der Waals surface area (Å²) in [7, 11) is 0. The molecule has 0 bridgehead atoms. The lowest BCUT2D eigenvalue weighted by atomic mass is 10.2. The van der Waals surface area contributed by atoms with Gasteiger partial charge in [0.1, 0.15) is 6.10 Å². The Kier molecular flexibility index (Phi) is 5.41. The standard InChI is InChI=1S/C7H15O4/c1-5(9)6(2)11-4-7(10)3-8/h5-10H,2-4H2,1H3. The zero-order valence-electron chi connectivity index (χ0n) is 6.60. The molecule has 0 amide bonds. The van der Waals surface area contributed by atoms with Gasteiger partial charge in [0.2, 0.25) is 0 Å². The van der Waals surface area contributed by atoms with Crippen molar-refractivity contribution in [2.75, 3.05) is 13.2 Å². The van der Waals surface area contributed by atoms with Crippen molar-refractivity contribution in [3.05, 3.63) is 6.92 Å². The normalized spacial score (nSPS) is 19.4. The van der Waals surface area contributed by atoms with Gasteiger partial charge in [0, 0.05) is 0 Å². The molecule has 0 fully saturated rings. The third-order valence-corrected chi connectivity index (χ3v) is 1.25. The molecule has 0 spiro atoms. The molecule has 0 rings (SSSR count). The van der Waals surface area contributed by atoms with Crippen LogP contribution in [0.5, 0.6) is 0 Å². The maximum atomic E-state index is 8.87. The molecule has 0 aliphatic carbocycles. The molecule has 0 aromatic carbocycles. The van der Waals surface area contributed by atoms with E-state index in [9.17, 15) is 0 Å². The summed E-state index contributed by atoms with van der Waals surface area (Å²) in [6.07, 6.45) is -2.12. The molecule has 3 atom stereocenters. The van der Waals surface area contributed by atoms with Crippen LogP contribution in [-0.4, -0.2) is 46.8 Å². The molecule has 67 valence electrons. The van der Waals surface area contributed by atoms with Gasteiger partial charge in [0.05, 0.1) is 25.4 Å². The third kappa shape index (κ3) is 5.15. The lowest BCUT2D eigenvalue weighted by Crippen LogP contribution is -2.29. The van der Waals surface area contributed by atoms with Crippen LogP contribution in [-0.2, 0) is 4.74 Å². The van der Waals surface area contributed by atoms with Crippen molar-refractivity contribution in [2.24, 2.45) is 0 Å². The lowest BCUT2D eigenvalue weighted by molar-refractivity contribution is -0.0515. The van der Waals surface area contributed by atoms with Gasteiger partial charge in [0.15, 0.2) is 0 Å². The summed E-state index contributed by atoms with van der Waals surface area (Å²) in [6, 6.07) is 0.